The molecule has 0 bridgehead atoms. The zero-order valence-electron chi connectivity index (χ0n) is 10.5. The second kappa shape index (κ2) is 4.65. The maximum Gasteiger partial charge on any atom is 0.280 e. The molecular formula is C15H12ClN3O. The number of carbonyl (C=O) groups is 1. The molecule has 0 radical (unpaired) electrons. The van der Waals surface area contributed by atoms with Crippen LogP contribution in [-0.4, -0.2) is 11.9 Å². The second-order valence-corrected chi connectivity index (χ2v) is 5.03. The van der Waals surface area contributed by atoms with Gasteiger partial charge in [0.25, 0.3) is 5.91 Å². The summed E-state index contributed by atoms with van der Waals surface area (Å²) < 4.78 is 0. The van der Waals surface area contributed by atoms with Crippen LogP contribution in [0.5, 0.6) is 0 Å². The minimum Gasteiger partial charge on any atom is -0.370 e. The first-order valence-corrected chi connectivity index (χ1v) is 6.53. The van der Waals surface area contributed by atoms with Crippen LogP contribution in [0.25, 0.3) is 11.1 Å². The van der Waals surface area contributed by atoms with E-state index in [1.807, 2.05) is 30.3 Å². The highest BCUT2D eigenvalue weighted by Crippen LogP contribution is 2.46. The van der Waals surface area contributed by atoms with E-state index in [-0.39, 0.29) is 11.3 Å². The van der Waals surface area contributed by atoms with Gasteiger partial charge in [-0.1, -0.05) is 30.3 Å². The number of benzene rings is 2. The maximum atomic E-state index is 11.8. The lowest BCUT2D eigenvalue weighted by Gasteiger charge is -2.05. The van der Waals surface area contributed by atoms with Crippen LogP contribution in [0, 0.1) is 0 Å². The summed E-state index contributed by atoms with van der Waals surface area (Å²) in [7, 11) is 0. The van der Waals surface area contributed by atoms with Crippen LogP contribution in [0.15, 0.2) is 47.5 Å². The minimum atomic E-state index is -0.465. The number of hydrogen-bond acceptors (Lipinski definition) is 1. The summed E-state index contributed by atoms with van der Waals surface area (Å²) in [6.45, 7) is 0. The van der Waals surface area contributed by atoms with Crippen LogP contribution in [0.2, 0.25) is 0 Å². The van der Waals surface area contributed by atoms with Crippen molar-refractivity contribution < 1.29 is 4.79 Å². The molecule has 1 unspecified atom stereocenters. The smallest absolute Gasteiger partial charge is 0.280 e. The highest BCUT2D eigenvalue weighted by atomic mass is 35.5. The largest absolute Gasteiger partial charge is 0.370 e. The van der Waals surface area contributed by atoms with Gasteiger partial charge < -0.3 is 11.5 Å². The first kappa shape index (κ1) is 12.7. The SMILES string of the molecule is NC(N)=NC(=O)c1ccc2c(c1)C(Cl)c1ccccc1-2. The molecule has 0 fully saturated rings. The van der Waals surface area contributed by atoms with E-state index < -0.39 is 5.91 Å². The summed E-state index contributed by atoms with van der Waals surface area (Å²) in [5.41, 5.74) is 15.0. The Hall–Kier alpha value is -2.33. The van der Waals surface area contributed by atoms with Crippen molar-refractivity contribution in [1.29, 1.82) is 0 Å². The monoisotopic (exact) mass is 285 g/mol. The van der Waals surface area contributed by atoms with Crippen molar-refractivity contribution in [3.8, 4) is 11.1 Å². The van der Waals surface area contributed by atoms with Gasteiger partial charge in [-0.3, -0.25) is 4.79 Å². The Balaban J connectivity index is 2.09. The van der Waals surface area contributed by atoms with Crippen LogP contribution < -0.4 is 11.5 Å². The van der Waals surface area contributed by atoms with Crippen LogP contribution >= 0.6 is 11.6 Å². The number of rotatable bonds is 1. The molecule has 2 aromatic carbocycles. The quantitative estimate of drug-likeness (QED) is 0.479. The van der Waals surface area contributed by atoms with Crippen molar-refractivity contribution in [2.24, 2.45) is 16.5 Å². The minimum absolute atomic E-state index is 0.249. The summed E-state index contributed by atoms with van der Waals surface area (Å²) in [5.74, 6) is -0.714. The number of aliphatic imine (C=N–C) groups is 1. The lowest BCUT2D eigenvalue weighted by Crippen LogP contribution is -2.24. The fraction of sp³-hybridized carbons (Fsp3) is 0.0667. The van der Waals surface area contributed by atoms with Crippen LogP contribution in [0.3, 0.4) is 0 Å². The average Bonchev–Trinajstić information content (AvgIpc) is 2.72. The molecule has 4 N–H and O–H groups in total. The molecule has 1 atom stereocenters. The maximum absolute atomic E-state index is 11.8. The van der Waals surface area contributed by atoms with Crippen LogP contribution in [0.4, 0.5) is 0 Å². The molecule has 3 rings (SSSR count). The summed E-state index contributed by atoms with van der Waals surface area (Å²) in [6, 6.07) is 13.3. The first-order valence-electron chi connectivity index (χ1n) is 6.09. The molecule has 0 heterocycles. The van der Waals surface area contributed by atoms with Crippen molar-refractivity contribution in [2.75, 3.05) is 0 Å². The number of halogens is 1. The van der Waals surface area contributed by atoms with Gasteiger partial charge in [0.15, 0.2) is 5.96 Å². The van der Waals surface area contributed by atoms with Gasteiger partial charge in [-0.25, -0.2) is 0 Å². The van der Waals surface area contributed by atoms with Gasteiger partial charge in [0, 0.05) is 5.56 Å². The van der Waals surface area contributed by atoms with E-state index in [2.05, 4.69) is 4.99 Å². The fourth-order valence-electron chi connectivity index (χ4n) is 2.46. The van der Waals surface area contributed by atoms with E-state index in [1.54, 1.807) is 12.1 Å². The van der Waals surface area contributed by atoms with E-state index in [1.165, 1.54) is 0 Å². The number of amides is 1. The Morgan fingerprint density at radius 2 is 1.75 bits per heavy atom. The average molecular weight is 286 g/mol. The number of guanidine groups is 1. The Morgan fingerprint density at radius 1 is 1.05 bits per heavy atom. The first-order chi connectivity index (χ1) is 9.58. The molecule has 5 heteroatoms. The van der Waals surface area contributed by atoms with Crippen molar-refractivity contribution in [3.63, 3.8) is 0 Å². The van der Waals surface area contributed by atoms with Crippen LogP contribution in [0.1, 0.15) is 26.9 Å². The number of carbonyl (C=O) groups excluding carboxylic acids is 1. The number of alkyl halides is 1. The topological polar surface area (TPSA) is 81.5 Å². The molecule has 2 aromatic rings. The van der Waals surface area contributed by atoms with Crippen molar-refractivity contribution in [2.45, 2.75) is 5.38 Å². The van der Waals surface area contributed by atoms with Gasteiger partial charge in [-0.05, 0) is 34.4 Å². The molecule has 20 heavy (non-hydrogen) atoms. The molecule has 1 aliphatic rings. The molecule has 0 aromatic heterocycles. The highest BCUT2D eigenvalue weighted by Gasteiger charge is 2.27. The molecule has 100 valence electrons. The predicted octanol–water partition coefficient (Wildman–Crippen LogP) is 2.41. The lowest BCUT2D eigenvalue weighted by atomic mass is 10.0. The number of hydrogen-bond donors (Lipinski definition) is 2. The Bertz CT molecular complexity index is 736. The van der Waals surface area contributed by atoms with Gasteiger partial charge in [0.1, 0.15) is 0 Å². The molecular weight excluding hydrogens is 274 g/mol. The molecule has 0 spiro atoms. The summed E-state index contributed by atoms with van der Waals surface area (Å²) >= 11 is 6.46. The van der Waals surface area contributed by atoms with Crippen molar-refractivity contribution in [3.05, 3.63) is 59.2 Å². The Morgan fingerprint density at radius 3 is 2.50 bits per heavy atom. The van der Waals surface area contributed by atoms with Gasteiger partial charge in [0.05, 0.1) is 5.38 Å². The number of nitrogens with zero attached hydrogens (tertiary/aromatic N) is 1. The van der Waals surface area contributed by atoms with Gasteiger partial charge in [-0.2, -0.15) is 4.99 Å². The molecule has 4 nitrogen and oxygen atoms in total. The van der Waals surface area contributed by atoms with Crippen molar-refractivity contribution in [1.82, 2.24) is 0 Å². The zero-order valence-corrected chi connectivity index (χ0v) is 11.3. The zero-order chi connectivity index (χ0) is 14.3. The normalized spacial score (nSPS) is 15.3. The standard InChI is InChI=1S/C15H12ClN3O/c16-13-11-4-2-1-3-9(11)10-6-5-8(7-12(10)13)14(20)19-15(17)18/h1-7,13H,(H4,17,18,19,20). The summed E-state index contributed by atoms with van der Waals surface area (Å²) in [4.78, 5) is 15.4. The van der Waals surface area contributed by atoms with Crippen molar-refractivity contribution >= 4 is 23.5 Å². The molecule has 0 aliphatic heterocycles. The molecule has 1 amide bonds. The van der Waals surface area contributed by atoms with E-state index >= 15 is 0 Å². The Kier molecular flexibility index (Phi) is 2.95. The fourth-order valence-corrected chi connectivity index (χ4v) is 2.83. The highest BCUT2D eigenvalue weighted by molar-refractivity contribution is 6.25. The molecule has 0 saturated carbocycles. The number of fused-ring (bicyclic) bond motifs is 3. The second-order valence-electron chi connectivity index (χ2n) is 4.59. The third kappa shape index (κ3) is 1.94. The van der Waals surface area contributed by atoms with E-state index in [0.717, 1.165) is 22.3 Å². The molecule has 1 aliphatic carbocycles. The third-order valence-corrected chi connectivity index (χ3v) is 3.80. The van der Waals surface area contributed by atoms with E-state index in [9.17, 15) is 4.79 Å². The lowest BCUT2D eigenvalue weighted by molar-refractivity contribution is 0.100. The summed E-state index contributed by atoms with van der Waals surface area (Å²) in [6.07, 6.45) is 0. The van der Waals surface area contributed by atoms with Crippen LogP contribution in [-0.2, 0) is 0 Å². The molecule has 0 saturated heterocycles. The van der Waals surface area contributed by atoms with Gasteiger partial charge in [-0.15, -0.1) is 11.6 Å². The van der Waals surface area contributed by atoms with Gasteiger partial charge in [0.2, 0.25) is 0 Å². The number of nitrogens with two attached hydrogens (primary N) is 2. The Labute approximate surface area is 121 Å². The summed E-state index contributed by atoms with van der Waals surface area (Å²) in [5, 5.41) is -0.256. The predicted molar refractivity (Wildman–Crippen MR) is 79.7 cm³/mol. The third-order valence-electron chi connectivity index (χ3n) is 3.33. The van der Waals surface area contributed by atoms with E-state index in [0.29, 0.717) is 5.56 Å². The van der Waals surface area contributed by atoms with Gasteiger partial charge >= 0.3 is 0 Å². The van der Waals surface area contributed by atoms with E-state index in [4.69, 9.17) is 23.1 Å².